The molecule has 10 heteroatoms. The highest BCUT2D eigenvalue weighted by atomic mass is 16.5. The van der Waals surface area contributed by atoms with E-state index in [-0.39, 0.29) is 31.6 Å². The molecule has 2 aromatic carbocycles. The molecule has 41 heavy (non-hydrogen) atoms. The zero-order chi connectivity index (χ0) is 29.2. The summed E-state index contributed by atoms with van der Waals surface area (Å²) in [6.07, 6.45) is 2.34. The Morgan fingerprint density at radius 1 is 1.00 bits per heavy atom. The van der Waals surface area contributed by atoms with E-state index in [2.05, 4.69) is 4.90 Å². The minimum atomic E-state index is -1.28. The third-order valence-electron chi connectivity index (χ3n) is 7.47. The number of carbonyl (C=O) groups is 2. The Kier molecular flexibility index (Phi) is 10.8. The lowest BCUT2D eigenvalue weighted by Crippen LogP contribution is -2.52. The molecule has 2 aromatic rings. The van der Waals surface area contributed by atoms with E-state index < -0.39 is 5.60 Å². The summed E-state index contributed by atoms with van der Waals surface area (Å²) in [6.45, 7) is 6.11. The number of aryl methyl sites for hydroxylation is 1. The first-order valence-electron chi connectivity index (χ1n) is 14.3. The van der Waals surface area contributed by atoms with Crippen LogP contribution in [0.3, 0.4) is 0 Å². The molecule has 2 saturated heterocycles. The van der Waals surface area contributed by atoms with Crippen LogP contribution in [0.2, 0.25) is 0 Å². The van der Waals surface area contributed by atoms with Gasteiger partial charge in [-0.05, 0) is 49.6 Å². The minimum Gasteiger partial charge on any atom is -0.493 e. The van der Waals surface area contributed by atoms with Crippen molar-refractivity contribution in [2.24, 2.45) is 0 Å². The standard InChI is InChI=1S/C31H43N3O7/c1-24-7-10-26(11-8-24)41-23-31(37)21-32(15-16-34(22-31)30(36)20-38-2)19-25-9-12-27(28(18-25)39-3)40-17-5-14-33-13-4-6-29(33)35/h7-12,18,37H,4-6,13-17,19-23H2,1-3H3. The maximum absolute atomic E-state index is 12.7. The van der Waals surface area contributed by atoms with Crippen LogP contribution in [0.5, 0.6) is 17.2 Å². The highest BCUT2D eigenvalue weighted by Gasteiger charge is 2.37. The van der Waals surface area contributed by atoms with Crippen molar-refractivity contribution in [3.8, 4) is 17.2 Å². The molecule has 1 unspecified atom stereocenters. The van der Waals surface area contributed by atoms with Gasteiger partial charge in [0.1, 0.15) is 24.6 Å². The molecular formula is C31H43N3O7. The van der Waals surface area contributed by atoms with Crippen molar-refractivity contribution < 1.29 is 33.6 Å². The number of β-amino-alcohol motifs (C(OH)–C–C–N with tert-alkyl or cyclic N) is 1. The van der Waals surface area contributed by atoms with Crippen LogP contribution in [-0.2, 0) is 20.9 Å². The number of carbonyl (C=O) groups excluding carboxylic acids is 2. The molecule has 0 radical (unpaired) electrons. The fraction of sp³-hybridized carbons (Fsp3) is 0.548. The van der Waals surface area contributed by atoms with Gasteiger partial charge in [0.05, 0.1) is 20.3 Å². The van der Waals surface area contributed by atoms with Gasteiger partial charge < -0.3 is 33.9 Å². The molecule has 1 N–H and O–H groups in total. The number of nitrogens with zero attached hydrogens (tertiary/aromatic N) is 3. The number of hydrogen-bond acceptors (Lipinski definition) is 8. The number of benzene rings is 2. The van der Waals surface area contributed by atoms with E-state index >= 15 is 0 Å². The lowest BCUT2D eigenvalue weighted by Gasteiger charge is -2.33. The Balaban J connectivity index is 1.39. The van der Waals surface area contributed by atoms with Crippen LogP contribution in [-0.4, -0.2) is 111 Å². The average Bonchev–Trinajstić information content (AvgIpc) is 3.29. The quantitative estimate of drug-likeness (QED) is 0.368. The van der Waals surface area contributed by atoms with E-state index in [1.165, 1.54) is 7.11 Å². The van der Waals surface area contributed by atoms with Gasteiger partial charge >= 0.3 is 0 Å². The summed E-state index contributed by atoms with van der Waals surface area (Å²) in [6, 6.07) is 13.5. The summed E-state index contributed by atoms with van der Waals surface area (Å²) < 4.78 is 22.6. The van der Waals surface area contributed by atoms with Gasteiger partial charge in [0.2, 0.25) is 11.8 Å². The van der Waals surface area contributed by atoms with Crippen LogP contribution in [0, 0.1) is 6.92 Å². The summed E-state index contributed by atoms with van der Waals surface area (Å²) >= 11 is 0. The zero-order valence-electron chi connectivity index (χ0n) is 24.5. The molecule has 0 saturated carbocycles. The van der Waals surface area contributed by atoms with Crippen LogP contribution in [0.25, 0.3) is 0 Å². The molecule has 0 spiro atoms. The van der Waals surface area contributed by atoms with Gasteiger partial charge in [-0.3, -0.25) is 14.5 Å². The van der Waals surface area contributed by atoms with Gasteiger partial charge in [-0.1, -0.05) is 23.8 Å². The molecule has 2 aliphatic rings. The first kappa shape index (κ1) is 30.6. The van der Waals surface area contributed by atoms with Gasteiger partial charge in [-0.15, -0.1) is 0 Å². The van der Waals surface area contributed by atoms with E-state index in [1.807, 2.05) is 54.3 Å². The monoisotopic (exact) mass is 569 g/mol. The van der Waals surface area contributed by atoms with Crippen molar-refractivity contribution in [2.75, 3.05) is 73.3 Å². The topological polar surface area (TPSA) is 101 Å². The zero-order valence-corrected chi connectivity index (χ0v) is 24.5. The molecule has 0 aromatic heterocycles. The highest BCUT2D eigenvalue weighted by Crippen LogP contribution is 2.29. The number of rotatable bonds is 13. The molecule has 10 nitrogen and oxygen atoms in total. The second-order valence-corrected chi connectivity index (χ2v) is 11.0. The van der Waals surface area contributed by atoms with Crippen molar-refractivity contribution in [3.05, 3.63) is 53.6 Å². The van der Waals surface area contributed by atoms with Crippen LogP contribution < -0.4 is 14.2 Å². The van der Waals surface area contributed by atoms with Gasteiger partial charge in [-0.2, -0.15) is 0 Å². The molecule has 0 aliphatic carbocycles. The third kappa shape index (κ3) is 8.82. The van der Waals surface area contributed by atoms with Crippen molar-refractivity contribution in [3.63, 3.8) is 0 Å². The van der Waals surface area contributed by atoms with E-state index in [1.54, 1.807) is 12.0 Å². The first-order valence-corrected chi connectivity index (χ1v) is 14.3. The molecule has 2 aliphatic heterocycles. The number of aliphatic hydroxyl groups is 1. The summed E-state index contributed by atoms with van der Waals surface area (Å²) in [5.41, 5.74) is 0.836. The number of methoxy groups -OCH3 is 2. The second-order valence-electron chi connectivity index (χ2n) is 11.0. The molecule has 4 rings (SSSR count). The van der Waals surface area contributed by atoms with Crippen molar-refractivity contribution >= 4 is 11.8 Å². The van der Waals surface area contributed by atoms with Crippen LogP contribution >= 0.6 is 0 Å². The number of amides is 2. The average molecular weight is 570 g/mol. The SMILES string of the molecule is COCC(=O)N1CCN(Cc2ccc(OCCCN3CCCC3=O)c(OC)c2)CC(O)(COc2ccc(C)cc2)C1. The predicted molar refractivity (Wildman–Crippen MR) is 154 cm³/mol. The lowest BCUT2D eigenvalue weighted by atomic mass is 10.0. The molecule has 1 atom stereocenters. The van der Waals surface area contributed by atoms with Crippen molar-refractivity contribution in [1.82, 2.24) is 14.7 Å². The highest BCUT2D eigenvalue weighted by molar-refractivity contribution is 5.78. The minimum absolute atomic E-state index is 0.0398. The third-order valence-corrected chi connectivity index (χ3v) is 7.47. The Bertz CT molecular complexity index is 1160. The molecule has 2 heterocycles. The van der Waals surface area contributed by atoms with Gasteiger partial charge in [0.15, 0.2) is 11.5 Å². The summed E-state index contributed by atoms with van der Waals surface area (Å²) in [5.74, 6) is 2.01. The van der Waals surface area contributed by atoms with Crippen molar-refractivity contribution in [2.45, 2.75) is 38.3 Å². The maximum atomic E-state index is 12.7. The molecule has 224 valence electrons. The summed E-state index contributed by atoms with van der Waals surface area (Å²) in [7, 11) is 3.10. The molecule has 2 fully saturated rings. The fourth-order valence-corrected chi connectivity index (χ4v) is 5.31. The normalized spacial score (nSPS) is 19.8. The molecule has 0 bridgehead atoms. The summed E-state index contributed by atoms with van der Waals surface area (Å²) in [5, 5.41) is 11.7. The smallest absolute Gasteiger partial charge is 0.248 e. The first-order chi connectivity index (χ1) is 19.8. The van der Waals surface area contributed by atoms with E-state index in [0.717, 1.165) is 30.5 Å². The second kappa shape index (κ2) is 14.5. The maximum Gasteiger partial charge on any atom is 0.248 e. The Hall–Kier alpha value is -3.34. The van der Waals surface area contributed by atoms with Gasteiger partial charge in [0, 0.05) is 52.8 Å². The van der Waals surface area contributed by atoms with E-state index in [0.29, 0.717) is 63.0 Å². The largest absolute Gasteiger partial charge is 0.493 e. The van der Waals surface area contributed by atoms with Crippen molar-refractivity contribution in [1.29, 1.82) is 0 Å². The molecular weight excluding hydrogens is 526 g/mol. The number of ether oxygens (including phenoxy) is 4. The lowest BCUT2D eigenvalue weighted by molar-refractivity contribution is -0.138. The van der Waals surface area contributed by atoms with Gasteiger partial charge in [0.25, 0.3) is 0 Å². The summed E-state index contributed by atoms with van der Waals surface area (Å²) in [4.78, 5) is 30.2. The van der Waals surface area contributed by atoms with E-state index in [9.17, 15) is 14.7 Å². The van der Waals surface area contributed by atoms with E-state index in [4.69, 9.17) is 18.9 Å². The van der Waals surface area contributed by atoms with Crippen LogP contribution in [0.1, 0.15) is 30.4 Å². The Morgan fingerprint density at radius 2 is 1.80 bits per heavy atom. The Labute approximate surface area is 242 Å². The van der Waals surface area contributed by atoms with Gasteiger partial charge in [-0.25, -0.2) is 0 Å². The predicted octanol–water partition coefficient (Wildman–Crippen LogP) is 2.50. The molecule has 2 amide bonds. The Morgan fingerprint density at radius 3 is 2.51 bits per heavy atom. The van der Waals surface area contributed by atoms with Crippen LogP contribution in [0.4, 0.5) is 0 Å². The number of hydrogen-bond donors (Lipinski definition) is 1. The number of likely N-dealkylation sites (tertiary alicyclic amines) is 1. The van der Waals surface area contributed by atoms with Crippen LogP contribution in [0.15, 0.2) is 42.5 Å². The fourth-order valence-electron chi connectivity index (χ4n) is 5.31.